The number of anilines is 2. The highest BCUT2D eigenvalue weighted by molar-refractivity contribution is 6.04. The lowest BCUT2D eigenvalue weighted by atomic mass is 9.87. The topological polar surface area (TPSA) is 58.6 Å². The first-order valence-corrected chi connectivity index (χ1v) is 12.8. The summed E-state index contributed by atoms with van der Waals surface area (Å²) in [5.41, 5.74) is 5.31. The molecule has 1 heterocycles. The number of nitrogens with zero attached hydrogens (tertiary/aromatic N) is 1. The van der Waals surface area contributed by atoms with Crippen molar-refractivity contribution in [2.45, 2.75) is 59.3 Å². The first-order valence-electron chi connectivity index (χ1n) is 12.8. The van der Waals surface area contributed by atoms with Crippen molar-refractivity contribution >= 4 is 23.2 Å². The molecule has 1 atom stereocenters. The minimum absolute atomic E-state index is 0.00646. The van der Waals surface area contributed by atoms with Gasteiger partial charge in [0.1, 0.15) is 11.5 Å². The Morgan fingerprint density at radius 3 is 2.00 bits per heavy atom. The molecule has 1 saturated heterocycles. The third-order valence-corrected chi connectivity index (χ3v) is 6.81. The van der Waals surface area contributed by atoms with E-state index in [9.17, 15) is 9.59 Å². The number of nitrogens with one attached hydrogen (secondary N) is 1. The molecule has 1 fully saturated rings. The lowest BCUT2D eigenvalue weighted by molar-refractivity contribution is -0.122. The zero-order chi connectivity index (χ0) is 25.9. The number of hydrogen-bond donors (Lipinski definition) is 1. The van der Waals surface area contributed by atoms with Crippen molar-refractivity contribution in [3.05, 3.63) is 83.4 Å². The zero-order valence-corrected chi connectivity index (χ0v) is 21.9. The van der Waals surface area contributed by atoms with Gasteiger partial charge in [0.05, 0.1) is 5.92 Å². The van der Waals surface area contributed by atoms with E-state index in [4.69, 9.17) is 4.74 Å². The lowest BCUT2D eigenvalue weighted by Crippen LogP contribution is -2.29. The predicted octanol–water partition coefficient (Wildman–Crippen LogP) is 6.89. The van der Waals surface area contributed by atoms with Gasteiger partial charge < -0.3 is 15.0 Å². The Morgan fingerprint density at radius 1 is 0.917 bits per heavy atom. The summed E-state index contributed by atoms with van der Waals surface area (Å²) in [5, 5.41) is 2.98. The van der Waals surface area contributed by atoms with Gasteiger partial charge in [0.25, 0.3) is 0 Å². The second kappa shape index (κ2) is 10.6. The van der Waals surface area contributed by atoms with E-state index in [1.807, 2.05) is 47.4 Å². The molecule has 0 aromatic heterocycles. The molecule has 0 aliphatic carbocycles. The van der Waals surface area contributed by atoms with E-state index in [0.717, 1.165) is 35.4 Å². The molecule has 188 valence electrons. The van der Waals surface area contributed by atoms with Crippen molar-refractivity contribution in [1.29, 1.82) is 0 Å². The van der Waals surface area contributed by atoms with Crippen LogP contribution >= 0.6 is 0 Å². The fourth-order valence-corrected chi connectivity index (χ4v) is 4.67. The van der Waals surface area contributed by atoms with E-state index < -0.39 is 0 Å². The number of hydrogen-bond acceptors (Lipinski definition) is 3. The molecule has 0 radical (unpaired) electrons. The van der Waals surface area contributed by atoms with Crippen molar-refractivity contribution in [1.82, 2.24) is 0 Å². The van der Waals surface area contributed by atoms with Gasteiger partial charge in [-0.3, -0.25) is 9.59 Å². The molecule has 3 aromatic rings. The van der Waals surface area contributed by atoms with Crippen LogP contribution in [0.25, 0.3) is 0 Å². The minimum Gasteiger partial charge on any atom is -0.457 e. The smallest absolute Gasteiger partial charge is 0.229 e. The summed E-state index contributed by atoms with van der Waals surface area (Å²) < 4.78 is 5.96. The number of carbonyl (C=O) groups excluding carboxylic acids is 2. The summed E-state index contributed by atoms with van der Waals surface area (Å²) in [7, 11) is 0. The Kier molecular flexibility index (Phi) is 7.48. The fraction of sp³-hybridized carbons (Fsp3) is 0.355. The zero-order valence-electron chi connectivity index (χ0n) is 21.9. The minimum atomic E-state index is -0.385. The highest BCUT2D eigenvalue weighted by Crippen LogP contribution is 2.33. The van der Waals surface area contributed by atoms with E-state index in [-0.39, 0.29) is 29.6 Å². The van der Waals surface area contributed by atoms with Crippen molar-refractivity contribution < 1.29 is 14.3 Å². The molecule has 0 spiro atoms. The van der Waals surface area contributed by atoms with Crippen LogP contribution in [0.1, 0.15) is 57.7 Å². The van der Waals surface area contributed by atoms with Gasteiger partial charge in [0, 0.05) is 24.3 Å². The first-order chi connectivity index (χ1) is 17.2. The third kappa shape index (κ3) is 5.62. The standard InChI is InChI=1S/C31H36N2O3/c1-6-21-9-8-10-22(7-2)29(21)33-20-23(19-28(33)34)30(35)32-25-13-17-27(18-14-25)36-26-15-11-24(12-16-26)31(3,4)5/h8-18,23H,6-7,19-20H2,1-5H3,(H,32,35)/t23-/m1/s1. The second-order valence-corrected chi connectivity index (χ2v) is 10.4. The number of ether oxygens (including phenoxy) is 1. The summed E-state index contributed by atoms with van der Waals surface area (Å²) in [4.78, 5) is 27.7. The van der Waals surface area contributed by atoms with Crippen LogP contribution in [0.5, 0.6) is 11.5 Å². The molecular formula is C31H36N2O3. The maximum Gasteiger partial charge on any atom is 0.229 e. The normalized spacial score (nSPS) is 15.8. The predicted molar refractivity (Wildman–Crippen MR) is 146 cm³/mol. The van der Waals surface area contributed by atoms with Gasteiger partial charge in [-0.05, 0) is 71.3 Å². The Balaban J connectivity index is 1.39. The van der Waals surface area contributed by atoms with Crippen molar-refractivity contribution in [3.63, 3.8) is 0 Å². The van der Waals surface area contributed by atoms with Crippen LogP contribution < -0.4 is 15.0 Å². The van der Waals surface area contributed by atoms with Crippen molar-refractivity contribution in [2.75, 3.05) is 16.8 Å². The second-order valence-electron chi connectivity index (χ2n) is 10.4. The van der Waals surface area contributed by atoms with E-state index in [0.29, 0.717) is 18.0 Å². The van der Waals surface area contributed by atoms with Crippen LogP contribution in [0, 0.1) is 5.92 Å². The molecule has 0 saturated carbocycles. The molecule has 4 rings (SSSR count). The van der Waals surface area contributed by atoms with Gasteiger partial charge in [-0.1, -0.05) is 65.0 Å². The monoisotopic (exact) mass is 484 g/mol. The quantitative estimate of drug-likeness (QED) is 0.397. The number of para-hydroxylation sites is 1. The van der Waals surface area contributed by atoms with Crippen LogP contribution in [-0.4, -0.2) is 18.4 Å². The van der Waals surface area contributed by atoms with Crippen LogP contribution in [0.4, 0.5) is 11.4 Å². The molecule has 5 heteroatoms. The van der Waals surface area contributed by atoms with Crippen molar-refractivity contribution in [3.8, 4) is 11.5 Å². The summed E-state index contributed by atoms with van der Waals surface area (Å²) in [6.45, 7) is 11.1. The largest absolute Gasteiger partial charge is 0.457 e. The van der Waals surface area contributed by atoms with Crippen LogP contribution in [0.15, 0.2) is 66.7 Å². The average molecular weight is 485 g/mol. The maximum absolute atomic E-state index is 13.0. The molecule has 2 amide bonds. The molecule has 1 N–H and O–H groups in total. The number of carbonyl (C=O) groups is 2. The Labute approximate surface area is 214 Å². The van der Waals surface area contributed by atoms with E-state index >= 15 is 0 Å². The van der Waals surface area contributed by atoms with Gasteiger partial charge >= 0.3 is 0 Å². The summed E-state index contributed by atoms with van der Waals surface area (Å²) in [6, 6.07) is 21.6. The molecule has 1 aliphatic heterocycles. The number of benzene rings is 3. The Morgan fingerprint density at radius 2 is 1.47 bits per heavy atom. The average Bonchev–Trinajstić information content (AvgIpc) is 3.25. The molecular weight excluding hydrogens is 448 g/mol. The van der Waals surface area contributed by atoms with Gasteiger partial charge in [-0.2, -0.15) is 0 Å². The van der Waals surface area contributed by atoms with Gasteiger partial charge in [0.2, 0.25) is 11.8 Å². The molecule has 0 unspecified atom stereocenters. The molecule has 36 heavy (non-hydrogen) atoms. The molecule has 3 aromatic carbocycles. The lowest BCUT2D eigenvalue weighted by Gasteiger charge is -2.23. The van der Waals surface area contributed by atoms with E-state index in [2.05, 4.69) is 64.2 Å². The molecule has 1 aliphatic rings. The fourth-order valence-electron chi connectivity index (χ4n) is 4.67. The van der Waals surface area contributed by atoms with Crippen LogP contribution in [0.3, 0.4) is 0 Å². The van der Waals surface area contributed by atoms with Gasteiger partial charge in [-0.25, -0.2) is 0 Å². The van der Waals surface area contributed by atoms with Crippen LogP contribution in [-0.2, 0) is 27.8 Å². The highest BCUT2D eigenvalue weighted by atomic mass is 16.5. The summed E-state index contributed by atoms with van der Waals surface area (Å²) in [6.07, 6.45) is 1.91. The van der Waals surface area contributed by atoms with E-state index in [1.165, 1.54) is 5.56 Å². The molecule has 5 nitrogen and oxygen atoms in total. The SMILES string of the molecule is CCc1cccc(CC)c1N1C[C@H](C(=O)Nc2ccc(Oc3ccc(C(C)(C)C)cc3)cc2)CC1=O. The maximum atomic E-state index is 13.0. The van der Waals surface area contributed by atoms with Gasteiger partial charge in [-0.15, -0.1) is 0 Å². The van der Waals surface area contributed by atoms with Gasteiger partial charge in [0.15, 0.2) is 0 Å². The number of amides is 2. The highest BCUT2D eigenvalue weighted by Gasteiger charge is 2.36. The number of rotatable bonds is 7. The van der Waals surface area contributed by atoms with E-state index in [1.54, 1.807) is 0 Å². The summed E-state index contributed by atoms with van der Waals surface area (Å²) >= 11 is 0. The summed E-state index contributed by atoms with van der Waals surface area (Å²) in [5.74, 6) is 0.950. The third-order valence-electron chi connectivity index (χ3n) is 6.81. The van der Waals surface area contributed by atoms with Crippen LogP contribution in [0.2, 0.25) is 0 Å². The first kappa shape index (κ1) is 25.5. The Hall–Kier alpha value is -3.60. The number of aryl methyl sites for hydroxylation is 2. The molecule has 0 bridgehead atoms. The van der Waals surface area contributed by atoms with Crippen molar-refractivity contribution in [2.24, 2.45) is 5.92 Å². The Bertz CT molecular complexity index is 1200.